The van der Waals surface area contributed by atoms with Crippen molar-refractivity contribution in [2.45, 2.75) is 12.7 Å². The number of carbonyl (C=O) groups is 2. The Labute approximate surface area is 159 Å². The predicted octanol–water partition coefficient (Wildman–Crippen LogP) is 3.76. The third kappa shape index (κ3) is 7.11. The second-order valence-corrected chi connectivity index (χ2v) is 6.88. The zero-order chi connectivity index (χ0) is 18.1. The van der Waals surface area contributed by atoms with E-state index in [-0.39, 0.29) is 11.9 Å². The van der Waals surface area contributed by atoms with Crippen LogP contribution in [0.4, 0.5) is 0 Å². The van der Waals surface area contributed by atoms with Crippen molar-refractivity contribution in [3.63, 3.8) is 0 Å². The molecule has 0 aromatic heterocycles. The summed E-state index contributed by atoms with van der Waals surface area (Å²) in [6, 6.07) is 14.7. The smallest absolute Gasteiger partial charge is 0.308 e. The summed E-state index contributed by atoms with van der Waals surface area (Å²) in [6.45, 7) is 1.35. The van der Waals surface area contributed by atoms with Crippen molar-refractivity contribution in [3.8, 4) is 5.75 Å². The lowest BCUT2D eigenvalue weighted by atomic mass is 10.2. The van der Waals surface area contributed by atoms with Gasteiger partial charge in [-0.25, -0.2) is 5.43 Å². The first-order chi connectivity index (χ1) is 12.0. The third-order valence-electron chi connectivity index (χ3n) is 2.99. The molecule has 0 unspecified atom stereocenters. The van der Waals surface area contributed by atoms with E-state index in [0.29, 0.717) is 11.5 Å². The Kier molecular flexibility index (Phi) is 7.69. The molecule has 0 aliphatic rings. The molecule has 0 aliphatic carbocycles. The fraction of sp³-hybridized carbons (Fsp3) is 0.167. The van der Waals surface area contributed by atoms with Crippen LogP contribution in [0, 0.1) is 0 Å². The molecule has 0 spiro atoms. The van der Waals surface area contributed by atoms with Crippen LogP contribution in [0.2, 0.25) is 0 Å². The molecule has 0 saturated carbocycles. The summed E-state index contributed by atoms with van der Waals surface area (Å²) >= 11 is 5.00. The van der Waals surface area contributed by atoms with Gasteiger partial charge in [-0.1, -0.05) is 34.1 Å². The molecule has 0 aliphatic heterocycles. The molecule has 7 heteroatoms. The quantitative estimate of drug-likeness (QED) is 0.320. The van der Waals surface area contributed by atoms with Crippen LogP contribution in [0.15, 0.2) is 58.1 Å². The van der Waals surface area contributed by atoms with Crippen LogP contribution >= 0.6 is 27.7 Å². The fourth-order valence-electron chi connectivity index (χ4n) is 1.87. The second-order valence-electron chi connectivity index (χ2n) is 5.04. The van der Waals surface area contributed by atoms with E-state index < -0.39 is 0 Å². The maximum atomic E-state index is 11.8. The van der Waals surface area contributed by atoms with Gasteiger partial charge in [-0.2, -0.15) is 5.10 Å². The van der Waals surface area contributed by atoms with E-state index in [9.17, 15) is 9.59 Å². The highest BCUT2D eigenvalue weighted by Crippen LogP contribution is 2.21. The lowest BCUT2D eigenvalue weighted by molar-refractivity contribution is -0.131. The van der Waals surface area contributed by atoms with Gasteiger partial charge in [-0.3, -0.25) is 9.59 Å². The Hall–Kier alpha value is -2.12. The minimum Gasteiger partial charge on any atom is -0.427 e. The number of halogens is 1. The van der Waals surface area contributed by atoms with Gasteiger partial charge >= 0.3 is 5.97 Å². The molecule has 0 radical (unpaired) electrons. The molecular weight excluding hydrogens is 404 g/mol. The molecular formula is C18H17BrN2O3S. The highest BCUT2D eigenvalue weighted by Gasteiger charge is 2.03. The van der Waals surface area contributed by atoms with Gasteiger partial charge in [0.1, 0.15) is 5.75 Å². The Morgan fingerprint density at radius 3 is 2.60 bits per heavy atom. The molecule has 5 nitrogen and oxygen atoms in total. The van der Waals surface area contributed by atoms with Crippen LogP contribution in [0.1, 0.15) is 18.1 Å². The van der Waals surface area contributed by atoms with Crippen LogP contribution in [-0.2, 0) is 15.3 Å². The van der Waals surface area contributed by atoms with Gasteiger partial charge in [0, 0.05) is 17.1 Å². The van der Waals surface area contributed by atoms with Crippen LogP contribution in [0.5, 0.6) is 5.75 Å². The van der Waals surface area contributed by atoms with Gasteiger partial charge in [0.25, 0.3) is 0 Å². The minimum absolute atomic E-state index is 0.162. The lowest BCUT2D eigenvalue weighted by Crippen LogP contribution is -2.19. The molecule has 2 aromatic rings. The molecule has 0 saturated heterocycles. The summed E-state index contributed by atoms with van der Waals surface area (Å²) in [5, 5.41) is 3.92. The maximum absolute atomic E-state index is 11.8. The van der Waals surface area contributed by atoms with E-state index >= 15 is 0 Å². The fourth-order valence-corrected chi connectivity index (χ4v) is 3.30. The second kappa shape index (κ2) is 10.0. The molecule has 0 bridgehead atoms. The van der Waals surface area contributed by atoms with Crippen molar-refractivity contribution < 1.29 is 14.3 Å². The number of esters is 1. The van der Waals surface area contributed by atoms with Gasteiger partial charge in [0.15, 0.2) is 0 Å². The van der Waals surface area contributed by atoms with Crippen molar-refractivity contribution in [2.75, 3.05) is 5.75 Å². The van der Waals surface area contributed by atoms with Gasteiger partial charge < -0.3 is 4.74 Å². The zero-order valence-electron chi connectivity index (χ0n) is 13.6. The van der Waals surface area contributed by atoms with Gasteiger partial charge in [-0.15, -0.1) is 11.8 Å². The maximum Gasteiger partial charge on any atom is 0.308 e. The average Bonchev–Trinajstić information content (AvgIpc) is 2.58. The summed E-state index contributed by atoms with van der Waals surface area (Å²) in [5.74, 6) is 1.01. The van der Waals surface area contributed by atoms with E-state index in [2.05, 4.69) is 26.5 Å². The highest BCUT2D eigenvalue weighted by atomic mass is 79.9. The highest BCUT2D eigenvalue weighted by molar-refractivity contribution is 9.10. The minimum atomic E-state index is -0.367. The first-order valence-electron chi connectivity index (χ1n) is 7.46. The number of hydrazone groups is 1. The molecule has 2 aromatic carbocycles. The van der Waals surface area contributed by atoms with Crippen LogP contribution in [-0.4, -0.2) is 23.8 Å². The number of benzene rings is 2. The Bertz CT molecular complexity index is 763. The SMILES string of the molecule is CC(=O)Oc1ccc(/C=N/NC(=O)CSCc2ccccc2Br)cc1. The molecule has 0 heterocycles. The number of hydrogen-bond acceptors (Lipinski definition) is 5. The standard InChI is InChI=1S/C18H17BrN2O3S/c1-13(22)24-16-8-6-14(7-9-16)10-20-21-18(23)12-25-11-15-4-2-3-5-17(15)19/h2-10H,11-12H2,1H3,(H,21,23)/b20-10+. The Balaban J connectivity index is 1.73. The van der Waals surface area contributed by atoms with Crippen LogP contribution in [0.3, 0.4) is 0 Å². The number of amides is 1. The van der Waals surface area contributed by atoms with E-state index in [4.69, 9.17) is 4.74 Å². The molecule has 0 fully saturated rings. The lowest BCUT2D eigenvalue weighted by Gasteiger charge is -2.03. The summed E-state index contributed by atoms with van der Waals surface area (Å²) < 4.78 is 5.98. The van der Waals surface area contributed by atoms with E-state index in [1.54, 1.807) is 24.3 Å². The third-order valence-corrected chi connectivity index (χ3v) is 4.75. The van der Waals surface area contributed by atoms with Crippen LogP contribution < -0.4 is 10.2 Å². The van der Waals surface area contributed by atoms with Gasteiger partial charge in [0.05, 0.1) is 12.0 Å². The summed E-state index contributed by atoms with van der Waals surface area (Å²) in [6.07, 6.45) is 1.54. The summed E-state index contributed by atoms with van der Waals surface area (Å²) in [4.78, 5) is 22.6. The van der Waals surface area contributed by atoms with Crippen molar-refractivity contribution in [1.29, 1.82) is 0 Å². The molecule has 1 N–H and O–H groups in total. The Morgan fingerprint density at radius 2 is 1.92 bits per heavy atom. The average molecular weight is 421 g/mol. The zero-order valence-corrected chi connectivity index (χ0v) is 16.0. The van der Waals surface area contributed by atoms with Gasteiger partial charge in [-0.05, 0) is 41.5 Å². The Morgan fingerprint density at radius 1 is 1.20 bits per heavy atom. The number of thioether (sulfide) groups is 1. The molecule has 130 valence electrons. The number of carbonyl (C=O) groups excluding carboxylic acids is 2. The summed E-state index contributed by atoms with van der Waals surface area (Å²) in [5.41, 5.74) is 4.43. The summed E-state index contributed by atoms with van der Waals surface area (Å²) in [7, 11) is 0. The number of nitrogens with zero attached hydrogens (tertiary/aromatic N) is 1. The van der Waals surface area contributed by atoms with Crippen molar-refractivity contribution >= 4 is 45.8 Å². The normalized spacial score (nSPS) is 10.6. The van der Waals surface area contributed by atoms with Crippen molar-refractivity contribution in [1.82, 2.24) is 5.43 Å². The predicted molar refractivity (Wildman–Crippen MR) is 104 cm³/mol. The molecule has 25 heavy (non-hydrogen) atoms. The number of rotatable bonds is 7. The molecule has 2 rings (SSSR count). The molecule has 1 amide bonds. The van der Waals surface area contributed by atoms with Crippen LogP contribution in [0.25, 0.3) is 0 Å². The van der Waals surface area contributed by atoms with Crippen molar-refractivity contribution in [2.24, 2.45) is 5.10 Å². The number of nitrogens with one attached hydrogen (secondary N) is 1. The van der Waals surface area contributed by atoms with Crippen molar-refractivity contribution in [3.05, 3.63) is 64.1 Å². The monoisotopic (exact) mass is 420 g/mol. The molecule has 0 atom stereocenters. The first-order valence-corrected chi connectivity index (χ1v) is 9.41. The van der Waals surface area contributed by atoms with E-state index in [1.165, 1.54) is 24.9 Å². The number of hydrogen-bond donors (Lipinski definition) is 1. The van der Waals surface area contributed by atoms with E-state index in [1.807, 2.05) is 24.3 Å². The number of ether oxygens (including phenoxy) is 1. The topological polar surface area (TPSA) is 67.8 Å². The van der Waals surface area contributed by atoms with Gasteiger partial charge in [0.2, 0.25) is 5.91 Å². The van der Waals surface area contributed by atoms with E-state index in [0.717, 1.165) is 21.4 Å². The first kappa shape index (κ1) is 19.2. The largest absolute Gasteiger partial charge is 0.427 e.